The fraction of sp³-hybridized carbons (Fsp3) is 0.556. The third-order valence-corrected chi connectivity index (χ3v) is 4.21. The van der Waals surface area contributed by atoms with E-state index in [1.165, 1.54) is 32.1 Å². The van der Waals surface area contributed by atoms with Crippen LogP contribution in [0.4, 0.5) is 0 Å². The van der Waals surface area contributed by atoms with Crippen LogP contribution in [-0.4, -0.2) is 24.9 Å². The van der Waals surface area contributed by atoms with Crippen molar-refractivity contribution in [2.75, 3.05) is 13.1 Å². The van der Waals surface area contributed by atoms with E-state index in [9.17, 15) is 9.59 Å². The van der Waals surface area contributed by atoms with Gasteiger partial charge >= 0.3 is 0 Å². The van der Waals surface area contributed by atoms with Crippen LogP contribution in [0.5, 0.6) is 0 Å². The molecule has 1 aromatic carbocycles. The first-order chi connectivity index (χ1) is 10.5. The number of aryl methyl sites for hydroxylation is 2. The van der Waals surface area contributed by atoms with E-state index < -0.39 is 0 Å². The van der Waals surface area contributed by atoms with Crippen LogP contribution < -0.4 is 10.6 Å². The zero-order chi connectivity index (χ0) is 15.9. The summed E-state index contributed by atoms with van der Waals surface area (Å²) in [6.07, 6.45) is 6.26. The highest BCUT2D eigenvalue weighted by molar-refractivity contribution is 5.96. The summed E-state index contributed by atoms with van der Waals surface area (Å²) in [6.45, 7) is 4.69. The van der Waals surface area contributed by atoms with E-state index in [4.69, 9.17) is 0 Å². The van der Waals surface area contributed by atoms with Crippen LogP contribution in [0.25, 0.3) is 0 Å². The summed E-state index contributed by atoms with van der Waals surface area (Å²) in [4.78, 5) is 23.9. The van der Waals surface area contributed by atoms with Gasteiger partial charge in [0.2, 0.25) is 5.91 Å². The summed E-state index contributed by atoms with van der Waals surface area (Å²) in [6, 6.07) is 5.69. The van der Waals surface area contributed by atoms with Gasteiger partial charge in [0.1, 0.15) is 0 Å². The minimum atomic E-state index is -0.195. The van der Waals surface area contributed by atoms with E-state index in [2.05, 4.69) is 10.6 Å². The monoisotopic (exact) mass is 302 g/mol. The number of carbonyl (C=O) groups is 2. The Morgan fingerprint density at radius 3 is 2.27 bits per heavy atom. The molecule has 22 heavy (non-hydrogen) atoms. The first-order valence-corrected chi connectivity index (χ1v) is 8.18. The second-order valence-corrected chi connectivity index (χ2v) is 6.37. The van der Waals surface area contributed by atoms with Crippen molar-refractivity contribution in [3.63, 3.8) is 0 Å². The smallest absolute Gasteiger partial charge is 0.251 e. The molecule has 0 aromatic heterocycles. The molecule has 0 spiro atoms. The molecule has 1 saturated carbocycles. The average molecular weight is 302 g/mol. The van der Waals surface area contributed by atoms with E-state index in [0.29, 0.717) is 11.5 Å². The minimum Gasteiger partial charge on any atom is -0.354 e. The molecular weight excluding hydrogens is 276 g/mol. The van der Waals surface area contributed by atoms with Crippen molar-refractivity contribution in [1.82, 2.24) is 10.6 Å². The topological polar surface area (TPSA) is 58.2 Å². The Bertz CT molecular complexity index is 514. The fourth-order valence-corrected chi connectivity index (χ4v) is 3.08. The van der Waals surface area contributed by atoms with Crippen molar-refractivity contribution >= 4 is 11.8 Å². The van der Waals surface area contributed by atoms with Gasteiger partial charge in [0.25, 0.3) is 5.91 Å². The van der Waals surface area contributed by atoms with Crippen molar-refractivity contribution in [3.8, 4) is 0 Å². The molecule has 1 fully saturated rings. The van der Waals surface area contributed by atoms with E-state index >= 15 is 0 Å². The second kappa shape index (κ2) is 7.97. The zero-order valence-electron chi connectivity index (χ0n) is 13.6. The van der Waals surface area contributed by atoms with Crippen molar-refractivity contribution in [3.05, 3.63) is 34.9 Å². The fourth-order valence-electron chi connectivity index (χ4n) is 3.08. The third-order valence-electron chi connectivity index (χ3n) is 4.21. The van der Waals surface area contributed by atoms with Gasteiger partial charge in [-0.1, -0.05) is 36.5 Å². The number of rotatable bonds is 5. The van der Waals surface area contributed by atoms with Gasteiger partial charge in [-0.25, -0.2) is 0 Å². The lowest BCUT2D eigenvalue weighted by atomic mass is 9.89. The Kier molecular flexibility index (Phi) is 5.99. The quantitative estimate of drug-likeness (QED) is 0.878. The molecule has 0 saturated heterocycles. The first-order valence-electron chi connectivity index (χ1n) is 8.18. The van der Waals surface area contributed by atoms with Crippen LogP contribution in [0.15, 0.2) is 18.2 Å². The average Bonchev–Trinajstić information content (AvgIpc) is 2.50. The maximum absolute atomic E-state index is 12.1. The van der Waals surface area contributed by atoms with Gasteiger partial charge < -0.3 is 10.6 Å². The van der Waals surface area contributed by atoms with Crippen molar-refractivity contribution < 1.29 is 9.59 Å². The molecule has 1 aliphatic carbocycles. The Balaban J connectivity index is 1.74. The highest BCUT2D eigenvalue weighted by Crippen LogP contribution is 2.22. The summed E-state index contributed by atoms with van der Waals surface area (Å²) >= 11 is 0. The van der Waals surface area contributed by atoms with Crippen LogP contribution in [-0.2, 0) is 4.79 Å². The highest BCUT2D eigenvalue weighted by atomic mass is 16.2. The highest BCUT2D eigenvalue weighted by Gasteiger charge is 2.14. The third kappa shape index (κ3) is 5.17. The molecule has 0 radical (unpaired) electrons. The second-order valence-electron chi connectivity index (χ2n) is 6.37. The Morgan fingerprint density at radius 1 is 1.00 bits per heavy atom. The van der Waals surface area contributed by atoms with Crippen molar-refractivity contribution in [1.29, 1.82) is 0 Å². The van der Waals surface area contributed by atoms with Gasteiger partial charge in [0.05, 0.1) is 6.54 Å². The van der Waals surface area contributed by atoms with E-state index in [1.54, 1.807) is 0 Å². The van der Waals surface area contributed by atoms with Gasteiger partial charge in [-0.3, -0.25) is 9.59 Å². The summed E-state index contributed by atoms with van der Waals surface area (Å²) in [5, 5.41) is 5.62. The summed E-state index contributed by atoms with van der Waals surface area (Å²) in [5.74, 6) is 0.302. The SMILES string of the molecule is Cc1cc(C)cc(C(=O)NCC(=O)NCC2CCCCC2)c1. The van der Waals surface area contributed by atoms with Crippen LogP contribution in [0, 0.1) is 19.8 Å². The van der Waals surface area contributed by atoms with E-state index in [-0.39, 0.29) is 18.4 Å². The van der Waals surface area contributed by atoms with Crippen LogP contribution in [0.2, 0.25) is 0 Å². The van der Waals surface area contributed by atoms with E-state index in [0.717, 1.165) is 17.7 Å². The predicted octanol–water partition coefficient (Wildman–Crippen LogP) is 2.73. The first kappa shape index (κ1) is 16.5. The number of hydrogen-bond donors (Lipinski definition) is 2. The molecule has 4 heteroatoms. The molecule has 0 unspecified atom stereocenters. The van der Waals surface area contributed by atoms with Crippen LogP contribution >= 0.6 is 0 Å². The molecule has 1 aliphatic rings. The number of carbonyl (C=O) groups excluding carboxylic acids is 2. The van der Waals surface area contributed by atoms with Crippen LogP contribution in [0.3, 0.4) is 0 Å². The number of amides is 2. The van der Waals surface area contributed by atoms with Gasteiger partial charge in [0.15, 0.2) is 0 Å². The van der Waals surface area contributed by atoms with Gasteiger partial charge in [-0.15, -0.1) is 0 Å². The number of nitrogens with one attached hydrogen (secondary N) is 2. The van der Waals surface area contributed by atoms with E-state index in [1.807, 2.05) is 32.0 Å². The molecule has 4 nitrogen and oxygen atoms in total. The standard InChI is InChI=1S/C18H26N2O2/c1-13-8-14(2)10-16(9-13)18(22)20-12-17(21)19-11-15-6-4-3-5-7-15/h8-10,15H,3-7,11-12H2,1-2H3,(H,19,21)(H,20,22). The molecule has 1 aromatic rings. The van der Waals surface area contributed by atoms with Gasteiger partial charge in [-0.2, -0.15) is 0 Å². The molecule has 2 rings (SSSR count). The Morgan fingerprint density at radius 2 is 1.64 bits per heavy atom. The lowest BCUT2D eigenvalue weighted by Crippen LogP contribution is -2.39. The maximum Gasteiger partial charge on any atom is 0.251 e. The lowest BCUT2D eigenvalue weighted by Gasteiger charge is -2.21. The summed E-state index contributed by atoms with van der Waals surface area (Å²) in [7, 11) is 0. The number of benzene rings is 1. The number of hydrogen-bond acceptors (Lipinski definition) is 2. The Labute approximate surface area is 132 Å². The van der Waals surface area contributed by atoms with Crippen molar-refractivity contribution in [2.24, 2.45) is 5.92 Å². The summed E-state index contributed by atoms with van der Waals surface area (Å²) < 4.78 is 0. The molecule has 0 atom stereocenters. The summed E-state index contributed by atoms with van der Waals surface area (Å²) in [5.41, 5.74) is 2.70. The largest absolute Gasteiger partial charge is 0.354 e. The molecule has 0 bridgehead atoms. The van der Waals surface area contributed by atoms with Gasteiger partial charge in [0, 0.05) is 12.1 Å². The molecule has 0 heterocycles. The Hall–Kier alpha value is -1.84. The zero-order valence-corrected chi connectivity index (χ0v) is 13.6. The minimum absolute atomic E-state index is 0.0402. The predicted molar refractivity (Wildman–Crippen MR) is 87.8 cm³/mol. The molecule has 2 N–H and O–H groups in total. The van der Waals surface area contributed by atoms with Gasteiger partial charge in [-0.05, 0) is 44.7 Å². The van der Waals surface area contributed by atoms with Crippen LogP contribution in [0.1, 0.15) is 53.6 Å². The normalized spacial score (nSPS) is 15.4. The van der Waals surface area contributed by atoms with Crippen molar-refractivity contribution in [2.45, 2.75) is 46.0 Å². The molecule has 2 amide bonds. The maximum atomic E-state index is 12.1. The lowest BCUT2D eigenvalue weighted by molar-refractivity contribution is -0.120. The molecular formula is C18H26N2O2. The molecule has 0 aliphatic heterocycles. The molecule has 120 valence electrons.